The molecule has 1 aliphatic rings. The predicted molar refractivity (Wildman–Crippen MR) is 112 cm³/mol. The average molecular weight is 401 g/mol. The summed E-state index contributed by atoms with van der Waals surface area (Å²) in [4.78, 5) is 12.9. The maximum Gasteiger partial charge on any atom is 0.255 e. The number of hydrogen-bond donors (Lipinski definition) is 1. The van der Waals surface area contributed by atoms with Gasteiger partial charge in [0.05, 0.1) is 4.90 Å². The Kier molecular flexibility index (Phi) is 6.20. The number of carbonyl (C=O) groups is 1. The quantitative estimate of drug-likeness (QED) is 0.796. The molecular formula is C22H28N2O3S. The summed E-state index contributed by atoms with van der Waals surface area (Å²) in [7, 11) is -3.53. The first-order chi connectivity index (χ1) is 13.3. The number of sulfonamides is 1. The van der Waals surface area contributed by atoms with Gasteiger partial charge in [-0.15, -0.1) is 0 Å². The van der Waals surface area contributed by atoms with Crippen molar-refractivity contribution in [1.29, 1.82) is 0 Å². The van der Waals surface area contributed by atoms with Crippen LogP contribution in [0.3, 0.4) is 0 Å². The Morgan fingerprint density at radius 3 is 2.39 bits per heavy atom. The minimum atomic E-state index is -3.53. The van der Waals surface area contributed by atoms with Crippen LogP contribution in [0.1, 0.15) is 61.9 Å². The van der Waals surface area contributed by atoms with Gasteiger partial charge in [-0.1, -0.05) is 38.5 Å². The molecule has 1 aliphatic heterocycles. The zero-order chi connectivity index (χ0) is 20.3. The number of anilines is 1. The van der Waals surface area contributed by atoms with Crippen LogP contribution >= 0.6 is 0 Å². The van der Waals surface area contributed by atoms with E-state index < -0.39 is 10.0 Å². The van der Waals surface area contributed by atoms with Crippen molar-refractivity contribution in [1.82, 2.24) is 4.31 Å². The van der Waals surface area contributed by atoms with Crippen molar-refractivity contribution in [3.05, 3.63) is 59.7 Å². The highest BCUT2D eigenvalue weighted by Crippen LogP contribution is 2.26. The number of nitrogens with one attached hydrogen (secondary N) is 1. The fourth-order valence-corrected chi connectivity index (χ4v) is 5.35. The van der Waals surface area contributed by atoms with Crippen LogP contribution in [0.4, 0.5) is 5.69 Å². The number of carbonyl (C=O) groups excluding carboxylic acids is 1. The summed E-state index contributed by atoms with van der Waals surface area (Å²) in [5.41, 5.74) is 2.28. The zero-order valence-electron chi connectivity index (χ0n) is 16.7. The van der Waals surface area contributed by atoms with E-state index in [2.05, 4.69) is 19.2 Å². The molecule has 150 valence electrons. The molecule has 0 radical (unpaired) electrons. The van der Waals surface area contributed by atoms with Crippen LogP contribution in [0.2, 0.25) is 0 Å². The number of piperidine rings is 1. The van der Waals surface area contributed by atoms with Gasteiger partial charge in [0.2, 0.25) is 10.0 Å². The molecule has 0 aromatic heterocycles. The van der Waals surface area contributed by atoms with Gasteiger partial charge < -0.3 is 5.32 Å². The highest BCUT2D eigenvalue weighted by Gasteiger charge is 2.30. The number of benzene rings is 2. The number of nitrogens with zero attached hydrogens (tertiary/aromatic N) is 1. The molecule has 5 nitrogen and oxygen atoms in total. The lowest BCUT2D eigenvalue weighted by Crippen LogP contribution is -2.41. The Balaban J connectivity index is 1.78. The molecule has 0 bridgehead atoms. The third-order valence-corrected chi connectivity index (χ3v) is 7.32. The summed E-state index contributed by atoms with van der Waals surface area (Å²) in [6.45, 7) is 6.65. The molecule has 0 aliphatic carbocycles. The molecule has 28 heavy (non-hydrogen) atoms. The number of hydrogen-bond acceptors (Lipinski definition) is 3. The SMILES string of the molecule is CC(C)c1ccccc1NC(=O)c1ccc(S(=O)(=O)N2CCCCC2C)cc1. The van der Waals surface area contributed by atoms with Crippen LogP contribution in [-0.2, 0) is 10.0 Å². The molecule has 3 rings (SSSR count). The topological polar surface area (TPSA) is 66.5 Å². The Morgan fingerprint density at radius 1 is 1.07 bits per heavy atom. The van der Waals surface area contributed by atoms with Gasteiger partial charge in [0.25, 0.3) is 5.91 Å². The van der Waals surface area contributed by atoms with E-state index in [9.17, 15) is 13.2 Å². The predicted octanol–water partition coefficient (Wildman–Crippen LogP) is 4.63. The second kappa shape index (κ2) is 8.45. The molecule has 0 saturated carbocycles. The lowest BCUT2D eigenvalue weighted by Gasteiger charge is -2.32. The van der Waals surface area contributed by atoms with Crippen molar-refractivity contribution in [2.24, 2.45) is 0 Å². The van der Waals surface area contributed by atoms with E-state index in [1.807, 2.05) is 31.2 Å². The van der Waals surface area contributed by atoms with Crippen molar-refractivity contribution >= 4 is 21.6 Å². The lowest BCUT2D eigenvalue weighted by atomic mass is 10.0. The van der Waals surface area contributed by atoms with Crippen LogP contribution < -0.4 is 5.32 Å². The normalized spacial score (nSPS) is 18.2. The summed E-state index contributed by atoms with van der Waals surface area (Å²) < 4.78 is 27.4. The third kappa shape index (κ3) is 4.28. The minimum Gasteiger partial charge on any atom is -0.322 e. The number of para-hydroxylation sites is 1. The Morgan fingerprint density at radius 2 is 1.75 bits per heavy atom. The summed E-state index contributed by atoms with van der Waals surface area (Å²) >= 11 is 0. The molecule has 1 atom stereocenters. The van der Waals surface area contributed by atoms with Gasteiger partial charge in [-0.05, 0) is 61.6 Å². The van der Waals surface area contributed by atoms with Crippen LogP contribution in [0, 0.1) is 0 Å². The van der Waals surface area contributed by atoms with E-state index in [0.29, 0.717) is 12.1 Å². The van der Waals surface area contributed by atoms with Crippen LogP contribution in [0.25, 0.3) is 0 Å². The van der Waals surface area contributed by atoms with Crippen molar-refractivity contribution < 1.29 is 13.2 Å². The fraction of sp³-hybridized carbons (Fsp3) is 0.409. The molecule has 1 amide bonds. The summed E-state index contributed by atoms with van der Waals surface area (Å²) in [5, 5.41) is 2.94. The van der Waals surface area contributed by atoms with Gasteiger partial charge in [-0.25, -0.2) is 8.42 Å². The van der Waals surface area contributed by atoms with Crippen LogP contribution in [-0.4, -0.2) is 31.2 Å². The van der Waals surface area contributed by atoms with Gasteiger partial charge in [0.15, 0.2) is 0 Å². The van der Waals surface area contributed by atoms with E-state index in [1.54, 1.807) is 16.4 Å². The molecule has 1 heterocycles. The molecular weight excluding hydrogens is 372 g/mol. The van der Waals surface area contributed by atoms with Crippen molar-refractivity contribution in [2.45, 2.75) is 56.9 Å². The van der Waals surface area contributed by atoms with Gasteiger partial charge in [-0.3, -0.25) is 4.79 Å². The minimum absolute atomic E-state index is 0.00857. The van der Waals surface area contributed by atoms with E-state index >= 15 is 0 Å². The van der Waals surface area contributed by atoms with Gasteiger partial charge in [-0.2, -0.15) is 4.31 Å². The van der Waals surface area contributed by atoms with Crippen molar-refractivity contribution in [3.63, 3.8) is 0 Å². The molecule has 1 unspecified atom stereocenters. The van der Waals surface area contributed by atoms with E-state index in [1.165, 1.54) is 12.1 Å². The van der Waals surface area contributed by atoms with E-state index in [0.717, 1.165) is 30.5 Å². The monoisotopic (exact) mass is 400 g/mol. The fourth-order valence-electron chi connectivity index (χ4n) is 3.65. The van der Waals surface area contributed by atoms with Crippen molar-refractivity contribution in [2.75, 3.05) is 11.9 Å². The Hall–Kier alpha value is -2.18. The molecule has 0 spiro atoms. The number of amides is 1. The van der Waals surface area contributed by atoms with Crippen LogP contribution in [0.5, 0.6) is 0 Å². The smallest absolute Gasteiger partial charge is 0.255 e. The zero-order valence-corrected chi connectivity index (χ0v) is 17.5. The van der Waals surface area contributed by atoms with E-state index in [-0.39, 0.29) is 22.8 Å². The van der Waals surface area contributed by atoms with Crippen molar-refractivity contribution in [3.8, 4) is 0 Å². The van der Waals surface area contributed by atoms with Gasteiger partial charge in [0.1, 0.15) is 0 Å². The Labute approximate surface area is 167 Å². The molecule has 1 N–H and O–H groups in total. The lowest BCUT2D eigenvalue weighted by molar-refractivity contribution is 0.102. The Bertz CT molecular complexity index is 937. The maximum atomic E-state index is 12.9. The first-order valence-corrected chi connectivity index (χ1v) is 11.3. The van der Waals surface area contributed by atoms with Gasteiger partial charge in [0, 0.05) is 23.8 Å². The molecule has 6 heteroatoms. The second-order valence-electron chi connectivity index (χ2n) is 7.68. The molecule has 1 fully saturated rings. The van der Waals surface area contributed by atoms with E-state index in [4.69, 9.17) is 0 Å². The largest absolute Gasteiger partial charge is 0.322 e. The first kappa shape index (κ1) is 20.6. The van der Waals surface area contributed by atoms with Gasteiger partial charge >= 0.3 is 0 Å². The summed E-state index contributed by atoms with van der Waals surface area (Å²) in [6.07, 6.45) is 2.83. The summed E-state index contributed by atoms with van der Waals surface area (Å²) in [5.74, 6) is 0.0407. The standard InChI is InChI=1S/C22H28N2O3S/c1-16(2)20-9-4-5-10-21(20)23-22(25)18-11-13-19(14-12-18)28(26,27)24-15-7-6-8-17(24)3/h4-5,9-14,16-17H,6-8,15H2,1-3H3,(H,23,25). The number of rotatable bonds is 5. The average Bonchev–Trinajstić information content (AvgIpc) is 2.68. The third-order valence-electron chi connectivity index (χ3n) is 5.30. The van der Waals surface area contributed by atoms with Crippen LogP contribution in [0.15, 0.2) is 53.4 Å². The maximum absolute atomic E-state index is 12.9. The highest BCUT2D eigenvalue weighted by atomic mass is 32.2. The molecule has 2 aromatic carbocycles. The second-order valence-corrected chi connectivity index (χ2v) is 9.57. The molecule has 1 saturated heterocycles. The highest BCUT2D eigenvalue weighted by molar-refractivity contribution is 7.89. The molecule has 2 aromatic rings. The first-order valence-electron chi connectivity index (χ1n) is 9.83. The summed E-state index contributed by atoms with van der Waals surface area (Å²) in [6, 6.07) is 13.9.